The number of aromatic nitrogens is 3. The van der Waals surface area contributed by atoms with Gasteiger partial charge in [-0.1, -0.05) is 23.4 Å². The Morgan fingerprint density at radius 3 is 2.20 bits per heavy atom. The minimum atomic E-state index is -5.04. The number of hydrogen-bond donors (Lipinski definition) is 1. The minimum absolute atomic E-state index is 0.224. The van der Waals surface area contributed by atoms with E-state index in [1.54, 1.807) is 0 Å². The molecule has 3 rings (SSSR count). The van der Waals surface area contributed by atoms with Crippen LogP contribution in [-0.2, 0) is 18.9 Å². The lowest BCUT2D eigenvalue weighted by molar-refractivity contribution is -0.143. The third-order valence-electron chi connectivity index (χ3n) is 3.94. The Balaban J connectivity index is 1.84. The Morgan fingerprint density at radius 2 is 1.63 bits per heavy atom. The number of carbonyl (C=O) groups is 1. The zero-order chi connectivity index (χ0) is 22.1. The molecule has 1 amide bonds. The lowest BCUT2D eigenvalue weighted by Crippen LogP contribution is -2.27. The molecule has 1 heterocycles. The maximum absolute atomic E-state index is 13.5. The highest BCUT2D eigenvalue weighted by molar-refractivity contribution is 5.93. The van der Waals surface area contributed by atoms with Gasteiger partial charge < -0.3 is 5.32 Å². The van der Waals surface area contributed by atoms with Crippen molar-refractivity contribution in [3.05, 3.63) is 76.9 Å². The number of benzene rings is 2. The molecule has 3 aromatic rings. The molecule has 0 aliphatic heterocycles. The van der Waals surface area contributed by atoms with Crippen LogP contribution in [0.4, 0.5) is 30.7 Å². The van der Waals surface area contributed by atoms with Crippen molar-refractivity contribution in [2.45, 2.75) is 18.9 Å². The molecule has 1 N–H and O–H groups in total. The first-order valence-electron chi connectivity index (χ1n) is 8.20. The molecule has 158 valence electrons. The molecule has 0 aliphatic carbocycles. The number of nitrogens with zero attached hydrogens (tertiary/aromatic N) is 3. The summed E-state index contributed by atoms with van der Waals surface area (Å²) in [5.74, 6) is -2.06. The van der Waals surface area contributed by atoms with Gasteiger partial charge in [0.15, 0.2) is 11.4 Å². The fraction of sp³-hybridized carbons (Fsp3) is 0.167. The third kappa shape index (κ3) is 4.58. The molecule has 30 heavy (non-hydrogen) atoms. The Kier molecular flexibility index (Phi) is 5.51. The van der Waals surface area contributed by atoms with Gasteiger partial charge in [-0.05, 0) is 35.9 Å². The summed E-state index contributed by atoms with van der Waals surface area (Å²) in [6, 6.07) is 7.84. The lowest BCUT2D eigenvalue weighted by Gasteiger charge is -2.11. The zero-order valence-corrected chi connectivity index (χ0v) is 14.7. The van der Waals surface area contributed by atoms with Gasteiger partial charge in [-0.15, -0.1) is 5.10 Å². The predicted molar refractivity (Wildman–Crippen MR) is 88.9 cm³/mol. The van der Waals surface area contributed by atoms with Crippen molar-refractivity contribution in [3.63, 3.8) is 0 Å². The number of nitrogens with one attached hydrogen (secondary N) is 1. The Bertz CT molecular complexity index is 1060. The molecule has 1 aromatic heterocycles. The second-order valence-electron chi connectivity index (χ2n) is 6.05. The summed E-state index contributed by atoms with van der Waals surface area (Å²) < 4.78 is 91.9. The van der Waals surface area contributed by atoms with Crippen LogP contribution in [0.5, 0.6) is 0 Å². The Labute approximate surface area is 164 Å². The van der Waals surface area contributed by atoms with Crippen LogP contribution in [0.3, 0.4) is 0 Å². The van der Waals surface area contributed by atoms with Gasteiger partial charge in [-0.2, -0.15) is 26.3 Å². The van der Waals surface area contributed by atoms with Crippen LogP contribution in [0.2, 0.25) is 0 Å². The topological polar surface area (TPSA) is 59.8 Å². The van der Waals surface area contributed by atoms with Crippen LogP contribution < -0.4 is 5.32 Å². The van der Waals surface area contributed by atoms with E-state index in [0.29, 0.717) is 0 Å². The van der Waals surface area contributed by atoms with Gasteiger partial charge in [-0.25, -0.2) is 9.07 Å². The van der Waals surface area contributed by atoms with Crippen molar-refractivity contribution in [3.8, 4) is 5.69 Å². The van der Waals surface area contributed by atoms with Gasteiger partial charge in [0, 0.05) is 6.54 Å². The first-order chi connectivity index (χ1) is 14.0. The SMILES string of the molecule is O=C(NCc1ccc(C(F)(F)F)cc1)c1nnn(-c2cccc(F)c2)c1C(F)(F)F. The number of halogens is 7. The van der Waals surface area contributed by atoms with Crippen LogP contribution in [0.1, 0.15) is 27.3 Å². The standard InChI is InChI=1S/C18H11F7N4O/c19-12-2-1-3-13(8-12)29-15(18(23,24)25)14(27-28-29)16(30)26-9-10-4-6-11(7-5-10)17(20,21)22/h1-8H,9H2,(H,26,30). The third-order valence-corrected chi connectivity index (χ3v) is 3.94. The number of rotatable bonds is 4. The highest BCUT2D eigenvalue weighted by Gasteiger charge is 2.42. The van der Waals surface area contributed by atoms with Crippen molar-refractivity contribution in [1.82, 2.24) is 20.3 Å². The number of alkyl halides is 6. The van der Waals surface area contributed by atoms with Crippen LogP contribution in [0.25, 0.3) is 5.69 Å². The highest BCUT2D eigenvalue weighted by Crippen LogP contribution is 2.33. The lowest BCUT2D eigenvalue weighted by atomic mass is 10.1. The summed E-state index contributed by atoms with van der Waals surface area (Å²) in [7, 11) is 0. The zero-order valence-electron chi connectivity index (χ0n) is 14.7. The molecule has 5 nitrogen and oxygen atoms in total. The largest absolute Gasteiger partial charge is 0.435 e. The second kappa shape index (κ2) is 7.76. The fourth-order valence-electron chi connectivity index (χ4n) is 2.56. The summed E-state index contributed by atoms with van der Waals surface area (Å²) in [6.45, 7) is -0.346. The summed E-state index contributed by atoms with van der Waals surface area (Å²) in [5, 5.41) is 8.71. The maximum Gasteiger partial charge on any atom is 0.435 e. The van der Waals surface area contributed by atoms with Crippen molar-refractivity contribution >= 4 is 5.91 Å². The first kappa shape index (κ1) is 21.3. The van der Waals surface area contributed by atoms with Gasteiger partial charge in [0.2, 0.25) is 0 Å². The summed E-state index contributed by atoms with van der Waals surface area (Å²) >= 11 is 0. The van der Waals surface area contributed by atoms with E-state index in [9.17, 15) is 35.5 Å². The molecule has 0 saturated heterocycles. The van der Waals surface area contributed by atoms with E-state index < -0.39 is 41.0 Å². The highest BCUT2D eigenvalue weighted by atomic mass is 19.4. The van der Waals surface area contributed by atoms with E-state index in [0.717, 1.165) is 48.5 Å². The number of hydrogen-bond acceptors (Lipinski definition) is 3. The molecule has 0 aliphatic rings. The van der Waals surface area contributed by atoms with Crippen molar-refractivity contribution in [1.29, 1.82) is 0 Å². The number of carbonyl (C=O) groups excluding carboxylic acids is 1. The van der Waals surface area contributed by atoms with Crippen LogP contribution in [0, 0.1) is 5.82 Å². The second-order valence-corrected chi connectivity index (χ2v) is 6.05. The Morgan fingerprint density at radius 1 is 0.967 bits per heavy atom. The monoisotopic (exact) mass is 432 g/mol. The average molecular weight is 432 g/mol. The molecule has 0 spiro atoms. The average Bonchev–Trinajstić information content (AvgIpc) is 3.11. The van der Waals surface area contributed by atoms with Crippen molar-refractivity contribution < 1.29 is 35.5 Å². The van der Waals surface area contributed by atoms with E-state index in [4.69, 9.17) is 0 Å². The fourth-order valence-corrected chi connectivity index (χ4v) is 2.56. The summed E-state index contributed by atoms with van der Waals surface area (Å²) in [6.07, 6.45) is -9.59. The smallest absolute Gasteiger partial charge is 0.346 e. The van der Waals surface area contributed by atoms with Gasteiger partial charge in [0.1, 0.15) is 5.82 Å². The normalized spacial score (nSPS) is 12.1. The van der Waals surface area contributed by atoms with Gasteiger partial charge in [-0.3, -0.25) is 4.79 Å². The number of amides is 1. The van der Waals surface area contributed by atoms with Gasteiger partial charge >= 0.3 is 12.4 Å². The van der Waals surface area contributed by atoms with Crippen LogP contribution in [0.15, 0.2) is 48.5 Å². The molecule has 0 fully saturated rings. The molecule has 0 unspecified atom stereocenters. The minimum Gasteiger partial charge on any atom is -0.346 e. The molecule has 0 radical (unpaired) electrons. The molecule has 2 aromatic carbocycles. The molecule has 12 heteroatoms. The molecular formula is C18H11F7N4O. The maximum atomic E-state index is 13.5. The molecule has 0 bridgehead atoms. The first-order valence-corrected chi connectivity index (χ1v) is 8.20. The van der Waals surface area contributed by atoms with Crippen LogP contribution in [-0.4, -0.2) is 20.9 Å². The van der Waals surface area contributed by atoms with Crippen molar-refractivity contribution in [2.24, 2.45) is 0 Å². The van der Waals surface area contributed by atoms with Crippen molar-refractivity contribution in [2.75, 3.05) is 0 Å². The quantitative estimate of drug-likeness (QED) is 0.623. The van der Waals surface area contributed by atoms with Crippen LogP contribution >= 0.6 is 0 Å². The van der Waals surface area contributed by atoms with E-state index in [2.05, 4.69) is 15.6 Å². The van der Waals surface area contributed by atoms with Gasteiger partial charge in [0.05, 0.1) is 11.3 Å². The predicted octanol–water partition coefficient (Wildman–Crippen LogP) is 4.37. The Hall–Kier alpha value is -3.44. The van der Waals surface area contributed by atoms with E-state index >= 15 is 0 Å². The van der Waals surface area contributed by atoms with E-state index in [1.165, 1.54) is 0 Å². The molecule has 0 saturated carbocycles. The molecular weight excluding hydrogens is 421 g/mol. The molecule has 0 atom stereocenters. The van der Waals surface area contributed by atoms with E-state index in [1.807, 2.05) is 0 Å². The van der Waals surface area contributed by atoms with Gasteiger partial charge in [0.25, 0.3) is 5.91 Å². The summed E-state index contributed by atoms with van der Waals surface area (Å²) in [4.78, 5) is 12.2. The van der Waals surface area contributed by atoms with E-state index in [-0.39, 0.29) is 22.5 Å². The summed E-state index contributed by atoms with van der Waals surface area (Å²) in [5.41, 5.74) is -3.55.